The van der Waals surface area contributed by atoms with Crippen LogP contribution in [0.4, 0.5) is 8.78 Å². The van der Waals surface area contributed by atoms with Crippen molar-refractivity contribution in [3.05, 3.63) is 47.2 Å². The van der Waals surface area contributed by atoms with Crippen LogP contribution in [0.1, 0.15) is 57.7 Å². The van der Waals surface area contributed by atoms with Gasteiger partial charge in [-0.15, -0.1) is 0 Å². The monoisotopic (exact) mass is 468 g/mol. The molecular weight excluding hydrogens is 438 g/mol. The third kappa shape index (κ3) is 3.10. The van der Waals surface area contributed by atoms with E-state index >= 15 is 0 Å². The van der Waals surface area contributed by atoms with Gasteiger partial charge in [-0.2, -0.15) is 10.2 Å². The van der Waals surface area contributed by atoms with Gasteiger partial charge >= 0.3 is 0 Å². The molecule has 2 bridgehead atoms. The zero-order valence-electron chi connectivity index (χ0n) is 20.1. The number of halogens is 2. The van der Waals surface area contributed by atoms with Crippen LogP contribution in [0.3, 0.4) is 0 Å². The maximum absolute atomic E-state index is 14.4. The number of likely N-dealkylation sites (N-methyl/N-ethyl adjacent to an activating group) is 1. The van der Waals surface area contributed by atoms with E-state index in [4.69, 9.17) is 0 Å². The third-order valence-corrected chi connectivity index (χ3v) is 8.67. The quantitative estimate of drug-likeness (QED) is 0.668. The highest BCUT2D eigenvalue weighted by molar-refractivity contribution is 5.84. The number of amides is 2. The van der Waals surface area contributed by atoms with E-state index in [1.54, 1.807) is 11.0 Å². The average Bonchev–Trinajstić information content (AvgIpc) is 3.10. The van der Waals surface area contributed by atoms with Gasteiger partial charge in [0, 0.05) is 38.5 Å². The Morgan fingerprint density at radius 2 is 1.85 bits per heavy atom. The van der Waals surface area contributed by atoms with Crippen LogP contribution in [0, 0.1) is 23.0 Å². The first kappa shape index (κ1) is 22.9. The molecule has 34 heavy (non-hydrogen) atoms. The molecule has 1 aromatic heterocycles. The minimum Gasteiger partial charge on any atom is -0.342 e. The van der Waals surface area contributed by atoms with E-state index in [1.165, 1.54) is 25.1 Å². The molecule has 0 N–H and O–H groups in total. The zero-order valence-corrected chi connectivity index (χ0v) is 20.1. The fraction of sp³-hybridized carbons (Fsp3) is 0.538. The number of fused-ring (bicyclic) bond motifs is 5. The van der Waals surface area contributed by atoms with Gasteiger partial charge in [0.1, 0.15) is 11.6 Å². The highest BCUT2D eigenvalue weighted by Crippen LogP contribution is 2.67. The smallest absolute Gasteiger partial charge is 0.229 e. The first-order chi connectivity index (χ1) is 16.1. The third-order valence-electron chi connectivity index (χ3n) is 8.67. The van der Waals surface area contributed by atoms with Gasteiger partial charge in [0.05, 0.1) is 22.9 Å². The predicted octanol–water partition coefficient (Wildman–Crippen LogP) is 3.90. The number of aromatic nitrogens is 2. The van der Waals surface area contributed by atoms with E-state index in [9.17, 15) is 18.4 Å². The summed E-state index contributed by atoms with van der Waals surface area (Å²) >= 11 is 0. The topological polar surface area (TPSA) is 66.4 Å². The predicted molar refractivity (Wildman–Crippen MR) is 123 cm³/mol. The largest absolute Gasteiger partial charge is 0.342 e. The van der Waals surface area contributed by atoms with Crippen molar-refractivity contribution in [2.24, 2.45) is 11.3 Å². The second-order valence-electron chi connectivity index (χ2n) is 10.5. The van der Waals surface area contributed by atoms with Crippen LogP contribution in [0.25, 0.3) is 11.3 Å². The van der Waals surface area contributed by atoms with Crippen LogP contribution in [0.15, 0.2) is 24.3 Å². The van der Waals surface area contributed by atoms with Gasteiger partial charge in [-0.25, -0.2) is 8.78 Å². The van der Waals surface area contributed by atoms with Crippen molar-refractivity contribution in [1.82, 2.24) is 20.0 Å². The SMILES string of the molecule is CCN(C[C@@]12CC[C@@H](c3cc(-c4c(F)cccc4F)nnc31)C2(C)C)C(=O)C1CN(C(C)=O)C1. The van der Waals surface area contributed by atoms with E-state index in [0.29, 0.717) is 26.2 Å². The van der Waals surface area contributed by atoms with Gasteiger partial charge in [0.2, 0.25) is 11.8 Å². The molecule has 2 atom stereocenters. The lowest BCUT2D eigenvalue weighted by Crippen LogP contribution is -2.58. The normalized spacial score (nSPS) is 24.6. The molecule has 2 fully saturated rings. The van der Waals surface area contributed by atoms with Crippen LogP contribution in [-0.2, 0) is 15.0 Å². The molecule has 2 heterocycles. The molecule has 0 spiro atoms. The summed E-state index contributed by atoms with van der Waals surface area (Å²) in [5.74, 6) is -1.24. The van der Waals surface area contributed by atoms with Crippen molar-refractivity contribution in [3.8, 4) is 11.3 Å². The van der Waals surface area contributed by atoms with E-state index in [0.717, 1.165) is 24.1 Å². The molecule has 5 rings (SSSR count). The minimum absolute atomic E-state index is 0.00690. The summed E-state index contributed by atoms with van der Waals surface area (Å²) in [7, 11) is 0. The molecule has 180 valence electrons. The number of rotatable bonds is 5. The minimum atomic E-state index is -0.658. The van der Waals surface area contributed by atoms with Crippen LogP contribution in [0.5, 0.6) is 0 Å². The highest BCUT2D eigenvalue weighted by atomic mass is 19.1. The fourth-order valence-electron chi connectivity index (χ4n) is 6.46. The Hall–Kier alpha value is -2.90. The molecule has 1 aromatic carbocycles. The van der Waals surface area contributed by atoms with E-state index in [1.807, 2.05) is 11.8 Å². The zero-order chi connectivity index (χ0) is 24.4. The van der Waals surface area contributed by atoms with Crippen molar-refractivity contribution < 1.29 is 18.4 Å². The van der Waals surface area contributed by atoms with Gasteiger partial charge < -0.3 is 9.80 Å². The fourth-order valence-corrected chi connectivity index (χ4v) is 6.46. The molecule has 1 aliphatic heterocycles. The summed E-state index contributed by atoms with van der Waals surface area (Å²) in [6.45, 7) is 9.94. The first-order valence-corrected chi connectivity index (χ1v) is 12.0. The lowest BCUT2D eigenvalue weighted by molar-refractivity contribution is -0.148. The first-order valence-electron chi connectivity index (χ1n) is 12.0. The number of carbonyl (C=O) groups is 2. The molecule has 2 amide bonds. The molecular formula is C26H30F2N4O2. The van der Waals surface area contributed by atoms with Crippen LogP contribution >= 0.6 is 0 Å². The van der Waals surface area contributed by atoms with Crippen molar-refractivity contribution in [2.45, 2.75) is 51.9 Å². The highest BCUT2D eigenvalue weighted by Gasteiger charge is 2.64. The Bertz CT molecular complexity index is 1160. The lowest BCUT2D eigenvalue weighted by Gasteiger charge is -2.44. The summed E-state index contributed by atoms with van der Waals surface area (Å²) in [6.07, 6.45) is 1.81. The second-order valence-corrected chi connectivity index (χ2v) is 10.5. The summed E-state index contributed by atoms with van der Waals surface area (Å²) in [5.41, 5.74) is 1.32. The Labute approximate surface area is 198 Å². The van der Waals surface area contributed by atoms with Gasteiger partial charge in [-0.3, -0.25) is 9.59 Å². The average molecular weight is 469 g/mol. The Kier molecular flexibility index (Phi) is 5.26. The van der Waals surface area contributed by atoms with Gasteiger partial charge in [0.15, 0.2) is 0 Å². The molecule has 0 radical (unpaired) electrons. The van der Waals surface area contributed by atoms with Crippen LogP contribution in [-0.4, -0.2) is 58.0 Å². The number of likely N-dealkylation sites (tertiary alicyclic amines) is 1. The Morgan fingerprint density at radius 1 is 1.18 bits per heavy atom. The number of carbonyl (C=O) groups excluding carboxylic acids is 2. The second kappa shape index (κ2) is 7.82. The van der Waals surface area contributed by atoms with E-state index in [-0.39, 0.29) is 45.7 Å². The summed E-state index contributed by atoms with van der Waals surface area (Å²) in [6, 6.07) is 5.59. The molecule has 2 aromatic rings. The number of benzene rings is 1. The number of hydrogen-bond donors (Lipinski definition) is 0. The molecule has 0 unspecified atom stereocenters. The number of hydrogen-bond acceptors (Lipinski definition) is 4. The van der Waals surface area contributed by atoms with Crippen molar-refractivity contribution in [2.75, 3.05) is 26.2 Å². The Morgan fingerprint density at radius 3 is 2.47 bits per heavy atom. The van der Waals surface area contributed by atoms with Gasteiger partial charge in [-0.1, -0.05) is 19.9 Å². The summed E-state index contributed by atoms with van der Waals surface area (Å²) in [5, 5.41) is 8.82. The summed E-state index contributed by atoms with van der Waals surface area (Å²) in [4.78, 5) is 28.4. The van der Waals surface area contributed by atoms with E-state index in [2.05, 4.69) is 24.0 Å². The lowest BCUT2D eigenvalue weighted by atomic mass is 9.68. The molecule has 6 nitrogen and oxygen atoms in total. The summed E-state index contributed by atoms with van der Waals surface area (Å²) < 4.78 is 28.9. The van der Waals surface area contributed by atoms with Crippen molar-refractivity contribution in [3.63, 3.8) is 0 Å². The van der Waals surface area contributed by atoms with Gasteiger partial charge in [0.25, 0.3) is 0 Å². The number of nitrogens with zero attached hydrogens (tertiary/aromatic N) is 4. The van der Waals surface area contributed by atoms with Crippen LogP contribution < -0.4 is 0 Å². The molecule has 1 saturated carbocycles. The van der Waals surface area contributed by atoms with E-state index < -0.39 is 11.6 Å². The maximum atomic E-state index is 14.4. The van der Waals surface area contributed by atoms with Crippen molar-refractivity contribution >= 4 is 11.8 Å². The maximum Gasteiger partial charge on any atom is 0.229 e. The molecule has 3 aliphatic rings. The van der Waals surface area contributed by atoms with Crippen molar-refractivity contribution in [1.29, 1.82) is 0 Å². The van der Waals surface area contributed by atoms with Gasteiger partial charge in [-0.05, 0) is 54.9 Å². The van der Waals surface area contributed by atoms with Crippen LogP contribution in [0.2, 0.25) is 0 Å². The molecule has 2 aliphatic carbocycles. The molecule has 8 heteroatoms. The molecule has 1 saturated heterocycles. The Balaban J connectivity index is 1.48. The standard InChI is InChI=1S/C26H30F2N4O2/c1-5-31(24(34)16-12-32(13-16)15(2)33)14-26-10-9-18(25(26,3)4)17-11-21(29-30-23(17)26)22-19(27)7-6-8-20(22)28/h6-8,11,16,18H,5,9-10,12-14H2,1-4H3/t18-,26-/m0/s1.